The van der Waals surface area contributed by atoms with Gasteiger partial charge in [-0.1, -0.05) is 56.1 Å². The van der Waals surface area contributed by atoms with Crippen LogP contribution in [0.2, 0.25) is 10.0 Å². The molecule has 4 aromatic rings. The Balaban J connectivity index is 1.89. The average molecular weight is 483 g/mol. The number of benzene rings is 1. The summed E-state index contributed by atoms with van der Waals surface area (Å²) in [5, 5.41) is 4.30. The zero-order chi connectivity index (χ0) is 23.8. The number of aromatic nitrogens is 4. The Bertz CT molecular complexity index is 1290. The molecule has 0 spiro atoms. The van der Waals surface area contributed by atoms with Crippen LogP contribution in [0.3, 0.4) is 0 Å². The lowest BCUT2D eigenvalue weighted by Gasteiger charge is -2.18. The third-order valence-corrected chi connectivity index (χ3v) is 5.89. The number of hydrogen-bond acceptors (Lipinski definition) is 5. The number of anilines is 1. The normalized spacial score (nSPS) is 12.0. The quantitative estimate of drug-likeness (QED) is 0.350. The number of nitrogens with zero attached hydrogens (tertiary/aromatic N) is 5. The van der Waals surface area contributed by atoms with Gasteiger partial charge in [0.05, 0.1) is 21.4 Å². The topological polar surface area (TPSA) is 58.4 Å². The summed E-state index contributed by atoms with van der Waals surface area (Å²) in [4.78, 5) is 16.3. The van der Waals surface area contributed by atoms with Crippen molar-refractivity contribution in [3.05, 3.63) is 64.4 Å². The molecule has 0 aliphatic rings. The summed E-state index contributed by atoms with van der Waals surface area (Å²) < 4.78 is 2.04. The molecule has 0 fully saturated rings. The van der Waals surface area contributed by atoms with Gasteiger partial charge in [-0.15, -0.1) is 0 Å². The molecule has 8 heteroatoms. The van der Waals surface area contributed by atoms with Gasteiger partial charge >= 0.3 is 0 Å². The molecule has 0 bridgehead atoms. The van der Waals surface area contributed by atoms with Crippen molar-refractivity contribution in [2.75, 3.05) is 26.0 Å². The van der Waals surface area contributed by atoms with Crippen LogP contribution in [-0.4, -0.2) is 44.9 Å². The minimum Gasteiger partial charge on any atom is -0.354 e. The second-order valence-electron chi connectivity index (χ2n) is 9.59. The Morgan fingerprint density at radius 1 is 1.06 bits per heavy atom. The molecule has 1 N–H and O–H groups in total. The molecule has 0 saturated carbocycles. The van der Waals surface area contributed by atoms with Gasteiger partial charge in [0.1, 0.15) is 11.3 Å². The van der Waals surface area contributed by atoms with E-state index in [0.29, 0.717) is 16.0 Å². The largest absolute Gasteiger partial charge is 0.354 e. The molecule has 3 aromatic heterocycles. The summed E-state index contributed by atoms with van der Waals surface area (Å²) in [6.45, 7) is 8.07. The third-order valence-electron chi connectivity index (χ3n) is 5.07. The Morgan fingerprint density at radius 3 is 2.58 bits per heavy atom. The second-order valence-corrected chi connectivity index (χ2v) is 10.4. The van der Waals surface area contributed by atoms with Crippen LogP contribution >= 0.6 is 23.2 Å². The Morgan fingerprint density at radius 2 is 1.85 bits per heavy atom. The Labute approximate surface area is 204 Å². The average Bonchev–Trinajstić information content (AvgIpc) is 3.12. The summed E-state index contributed by atoms with van der Waals surface area (Å²) in [7, 11) is 4.09. The van der Waals surface area contributed by atoms with Gasteiger partial charge < -0.3 is 10.2 Å². The minimum atomic E-state index is 0.102. The zero-order valence-electron chi connectivity index (χ0n) is 19.5. The maximum atomic E-state index is 6.61. The molecule has 1 aromatic carbocycles. The van der Waals surface area contributed by atoms with E-state index in [9.17, 15) is 0 Å². The summed E-state index contributed by atoms with van der Waals surface area (Å²) in [5.74, 6) is 0.574. The zero-order valence-corrected chi connectivity index (χ0v) is 21.0. The lowest BCUT2D eigenvalue weighted by Crippen LogP contribution is -2.20. The van der Waals surface area contributed by atoms with Crippen molar-refractivity contribution < 1.29 is 0 Å². The van der Waals surface area contributed by atoms with Crippen molar-refractivity contribution in [1.82, 2.24) is 24.3 Å². The summed E-state index contributed by atoms with van der Waals surface area (Å²) in [6.07, 6.45) is 3.79. The van der Waals surface area contributed by atoms with E-state index in [0.717, 1.165) is 41.4 Å². The number of pyridine rings is 1. The highest BCUT2D eigenvalue weighted by Gasteiger charge is 2.21. The van der Waals surface area contributed by atoms with Gasteiger partial charge in [0.15, 0.2) is 0 Å². The number of rotatable bonds is 6. The van der Waals surface area contributed by atoms with Crippen molar-refractivity contribution in [3.8, 4) is 22.6 Å². The van der Waals surface area contributed by atoms with Crippen molar-refractivity contribution in [3.63, 3.8) is 0 Å². The number of halogens is 2. The molecule has 6 nitrogen and oxygen atoms in total. The first-order valence-electron chi connectivity index (χ1n) is 10.8. The maximum absolute atomic E-state index is 6.61. The smallest absolute Gasteiger partial charge is 0.223 e. The molecular weight excluding hydrogens is 455 g/mol. The summed E-state index contributed by atoms with van der Waals surface area (Å²) >= 11 is 13.0. The van der Waals surface area contributed by atoms with Gasteiger partial charge in [-0.05, 0) is 49.3 Å². The van der Waals surface area contributed by atoms with Crippen LogP contribution < -0.4 is 5.32 Å². The number of imidazole rings is 1. The SMILES string of the molecule is CN(C)Cc1ccn2c(-c3ccnc(NCC(C)(C)C)n3)c(-c3cccc(Cl)c3Cl)nc2c1. The highest BCUT2D eigenvalue weighted by molar-refractivity contribution is 6.43. The van der Waals surface area contributed by atoms with Crippen molar-refractivity contribution in [2.45, 2.75) is 27.3 Å². The van der Waals surface area contributed by atoms with Crippen LogP contribution in [0.5, 0.6) is 0 Å². The van der Waals surface area contributed by atoms with Gasteiger partial charge in [-0.25, -0.2) is 15.0 Å². The van der Waals surface area contributed by atoms with E-state index in [4.69, 9.17) is 33.2 Å². The fourth-order valence-electron chi connectivity index (χ4n) is 3.59. The van der Waals surface area contributed by atoms with Crippen molar-refractivity contribution in [2.24, 2.45) is 5.41 Å². The molecule has 172 valence electrons. The predicted octanol–water partition coefficient (Wildman–Crippen LogP) is 6.28. The minimum absolute atomic E-state index is 0.102. The van der Waals surface area contributed by atoms with Crippen LogP contribution in [0.4, 0.5) is 5.95 Å². The lowest BCUT2D eigenvalue weighted by atomic mass is 9.97. The monoisotopic (exact) mass is 482 g/mol. The first-order chi connectivity index (χ1) is 15.6. The predicted molar refractivity (Wildman–Crippen MR) is 137 cm³/mol. The first kappa shape index (κ1) is 23.5. The standard InChI is InChI=1S/C25H28Cl2N6/c1-25(2,3)15-29-24-28-11-9-19(30-24)23-22(17-7-6-8-18(26)21(17)27)31-20-13-16(14-32(4)5)10-12-33(20)23/h6-13H,14-15H2,1-5H3,(H,28,29,30). The van der Waals surface area contributed by atoms with E-state index in [-0.39, 0.29) is 5.41 Å². The third kappa shape index (κ3) is 5.29. The number of nitrogens with one attached hydrogen (secondary N) is 1. The molecule has 0 amide bonds. The van der Waals surface area contributed by atoms with Crippen molar-refractivity contribution in [1.29, 1.82) is 0 Å². The Hall–Kier alpha value is -2.67. The van der Waals surface area contributed by atoms with Crippen LogP contribution in [0.1, 0.15) is 26.3 Å². The van der Waals surface area contributed by atoms with E-state index in [1.807, 2.05) is 42.9 Å². The number of hydrogen-bond donors (Lipinski definition) is 1. The highest BCUT2D eigenvalue weighted by atomic mass is 35.5. The van der Waals surface area contributed by atoms with E-state index in [1.54, 1.807) is 12.3 Å². The van der Waals surface area contributed by atoms with Crippen LogP contribution in [0, 0.1) is 5.41 Å². The van der Waals surface area contributed by atoms with E-state index < -0.39 is 0 Å². The summed E-state index contributed by atoms with van der Waals surface area (Å²) in [6, 6.07) is 11.7. The molecule has 0 aliphatic carbocycles. The van der Waals surface area contributed by atoms with Crippen LogP contribution in [0.25, 0.3) is 28.3 Å². The molecule has 3 heterocycles. The van der Waals surface area contributed by atoms with Gasteiger partial charge in [0.25, 0.3) is 0 Å². The van der Waals surface area contributed by atoms with Crippen LogP contribution in [0.15, 0.2) is 48.8 Å². The molecule has 4 rings (SSSR count). The fraction of sp³-hybridized carbons (Fsp3) is 0.320. The highest BCUT2D eigenvalue weighted by Crippen LogP contribution is 2.38. The van der Waals surface area contributed by atoms with E-state index in [2.05, 4.69) is 48.1 Å². The molecule has 0 unspecified atom stereocenters. The van der Waals surface area contributed by atoms with Gasteiger partial charge in [-0.3, -0.25) is 4.40 Å². The van der Waals surface area contributed by atoms with Gasteiger partial charge in [-0.2, -0.15) is 0 Å². The molecule has 33 heavy (non-hydrogen) atoms. The Kier molecular flexibility index (Phi) is 6.61. The van der Waals surface area contributed by atoms with Gasteiger partial charge in [0.2, 0.25) is 5.95 Å². The lowest BCUT2D eigenvalue weighted by molar-refractivity contribution is 0.402. The fourth-order valence-corrected chi connectivity index (χ4v) is 3.98. The molecule has 0 atom stereocenters. The van der Waals surface area contributed by atoms with Crippen LogP contribution in [-0.2, 0) is 6.54 Å². The van der Waals surface area contributed by atoms with Crippen molar-refractivity contribution >= 4 is 34.8 Å². The van der Waals surface area contributed by atoms with Gasteiger partial charge in [0, 0.05) is 31.0 Å². The molecule has 0 saturated heterocycles. The first-order valence-corrected chi connectivity index (χ1v) is 11.6. The maximum Gasteiger partial charge on any atom is 0.223 e. The molecule has 0 radical (unpaired) electrons. The molecular formula is C25H28Cl2N6. The molecule has 0 aliphatic heterocycles. The second kappa shape index (κ2) is 9.29. The van der Waals surface area contributed by atoms with E-state index in [1.165, 1.54) is 5.56 Å². The number of fused-ring (bicyclic) bond motifs is 1. The van der Waals surface area contributed by atoms with E-state index >= 15 is 0 Å². The summed E-state index contributed by atoms with van der Waals surface area (Å²) in [5.41, 5.74) is 5.17.